The number of rotatable bonds is 2. The summed E-state index contributed by atoms with van der Waals surface area (Å²) >= 11 is 0. The number of benzene rings is 1. The Morgan fingerprint density at radius 2 is 2.13 bits per heavy atom. The van der Waals surface area contributed by atoms with Gasteiger partial charge in [-0.2, -0.15) is 0 Å². The normalized spacial score (nSPS) is 21.4. The Hall–Kier alpha value is -1.31. The molecule has 15 heavy (non-hydrogen) atoms. The van der Waals surface area contributed by atoms with Gasteiger partial charge in [-0.15, -0.1) is 0 Å². The van der Waals surface area contributed by atoms with Gasteiger partial charge in [-0.05, 0) is 31.4 Å². The van der Waals surface area contributed by atoms with Gasteiger partial charge < -0.3 is 4.74 Å². The molecule has 0 N–H and O–H groups in total. The highest BCUT2D eigenvalue weighted by Gasteiger charge is 2.21. The lowest BCUT2D eigenvalue weighted by atomic mass is 9.96. The third kappa shape index (κ3) is 2.58. The molecule has 2 rings (SSSR count). The number of ketones is 1. The Morgan fingerprint density at radius 3 is 2.87 bits per heavy atom. The first-order valence-electron chi connectivity index (χ1n) is 5.49. The van der Waals surface area contributed by atoms with E-state index in [1.165, 1.54) is 0 Å². The van der Waals surface area contributed by atoms with Crippen molar-refractivity contribution >= 4 is 5.78 Å². The highest BCUT2D eigenvalue weighted by molar-refractivity contribution is 5.79. The molecule has 0 aliphatic heterocycles. The third-order valence-corrected chi connectivity index (χ3v) is 2.82. The number of carbonyl (C=O) groups excluding carboxylic acids is 1. The van der Waals surface area contributed by atoms with Gasteiger partial charge in [0.05, 0.1) is 0 Å². The van der Waals surface area contributed by atoms with Crippen LogP contribution in [0, 0.1) is 6.92 Å². The van der Waals surface area contributed by atoms with E-state index in [9.17, 15) is 4.79 Å². The molecule has 2 heteroatoms. The fraction of sp³-hybridized carbons (Fsp3) is 0.462. The van der Waals surface area contributed by atoms with Crippen LogP contribution in [0.25, 0.3) is 0 Å². The van der Waals surface area contributed by atoms with E-state index >= 15 is 0 Å². The van der Waals surface area contributed by atoms with Crippen LogP contribution in [0.5, 0.6) is 5.75 Å². The first kappa shape index (κ1) is 10.2. The standard InChI is InChI=1S/C13H16O2/c1-10-5-2-3-8-13(10)15-12-7-4-6-11(14)9-12/h2-3,5,8,12H,4,6-7,9H2,1H3. The minimum Gasteiger partial charge on any atom is -0.490 e. The van der Waals surface area contributed by atoms with E-state index in [0.29, 0.717) is 12.2 Å². The van der Waals surface area contributed by atoms with Crippen molar-refractivity contribution < 1.29 is 9.53 Å². The molecule has 1 saturated carbocycles. The van der Waals surface area contributed by atoms with E-state index in [1.807, 2.05) is 31.2 Å². The van der Waals surface area contributed by atoms with Gasteiger partial charge in [0, 0.05) is 12.8 Å². The van der Waals surface area contributed by atoms with E-state index in [-0.39, 0.29) is 6.10 Å². The molecule has 0 spiro atoms. The van der Waals surface area contributed by atoms with Gasteiger partial charge in [0.2, 0.25) is 0 Å². The van der Waals surface area contributed by atoms with Crippen LogP contribution in [0.15, 0.2) is 24.3 Å². The Morgan fingerprint density at radius 1 is 1.33 bits per heavy atom. The maximum atomic E-state index is 11.3. The van der Waals surface area contributed by atoms with E-state index in [1.54, 1.807) is 0 Å². The molecule has 1 aromatic carbocycles. The van der Waals surface area contributed by atoms with Crippen molar-refractivity contribution in [3.8, 4) is 5.75 Å². The summed E-state index contributed by atoms with van der Waals surface area (Å²) in [6.45, 7) is 2.03. The lowest BCUT2D eigenvalue weighted by Crippen LogP contribution is -2.25. The summed E-state index contributed by atoms with van der Waals surface area (Å²) in [6.07, 6.45) is 3.37. The van der Waals surface area contributed by atoms with E-state index < -0.39 is 0 Å². The maximum Gasteiger partial charge on any atom is 0.136 e. The lowest BCUT2D eigenvalue weighted by Gasteiger charge is -2.23. The molecule has 2 nitrogen and oxygen atoms in total. The highest BCUT2D eigenvalue weighted by Crippen LogP contribution is 2.23. The average Bonchev–Trinajstić information content (AvgIpc) is 2.22. The van der Waals surface area contributed by atoms with Crippen LogP contribution >= 0.6 is 0 Å². The molecule has 0 bridgehead atoms. The maximum absolute atomic E-state index is 11.3. The van der Waals surface area contributed by atoms with Gasteiger partial charge in [0.25, 0.3) is 0 Å². The van der Waals surface area contributed by atoms with Crippen molar-refractivity contribution in [2.75, 3.05) is 0 Å². The first-order chi connectivity index (χ1) is 7.25. The summed E-state index contributed by atoms with van der Waals surface area (Å²) in [6, 6.07) is 7.95. The number of hydrogen-bond donors (Lipinski definition) is 0. The Bertz CT molecular complexity index is 357. The summed E-state index contributed by atoms with van der Waals surface area (Å²) in [4.78, 5) is 11.3. The van der Waals surface area contributed by atoms with Gasteiger partial charge in [-0.3, -0.25) is 4.79 Å². The van der Waals surface area contributed by atoms with Crippen LogP contribution < -0.4 is 4.74 Å². The summed E-state index contributed by atoms with van der Waals surface area (Å²) in [5, 5.41) is 0. The quantitative estimate of drug-likeness (QED) is 0.740. The van der Waals surface area contributed by atoms with Crippen LogP contribution in [-0.4, -0.2) is 11.9 Å². The van der Waals surface area contributed by atoms with Gasteiger partial charge >= 0.3 is 0 Å². The first-order valence-corrected chi connectivity index (χ1v) is 5.49. The third-order valence-electron chi connectivity index (χ3n) is 2.82. The SMILES string of the molecule is Cc1ccccc1OC1CCCC(=O)C1. The fourth-order valence-electron chi connectivity index (χ4n) is 1.95. The van der Waals surface area contributed by atoms with Crippen molar-refractivity contribution in [1.29, 1.82) is 0 Å². The molecule has 0 radical (unpaired) electrons. The van der Waals surface area contributed by atoms with Crippen LogP contribution in [0.4, 0.5) is 0 Å². The zero-order chi connectivity index (χ0) is 10.7. The summed E-state index contributed by atoms with van der Waals surface area (Å²) < 4.78 is 5.84. The van der Waals surface area contributed by atoms with Crippen LogP contribution in [-0.2, 0) is 4.79 Å². The van der Waals surface area contributed by atoms with Crippen molar-refractivity contribution in [3.63, 3.8) is 0 Å². The highest BCUT2D eigenvalue weighted by atomic mass is 16.5. The van der Waals surface area contributed by atoms with Gasteiger partial charge in [0.1, 0.15) is 17.6 Å². The van der Waals surface area contributed by atoms with Gasteiger partial charge in [0.15, 0.2) is 0 Å². The molecule has 0 heterocycles. The van der Waals surface area contributed by atoms with E-state index in [0.717, 1.165) is 30.6 Å². The number of aryl methyl sites for hydroxylation is 1. The van der Waals surface area contributed by atoms with Crippen molar-refractivity contribution in [3.05, 3.63) is 29.8 Å². The predicted molar refractivity (Wildman–Crippen MR) is 59.1 cm³/mol. The molecule has 1 aromatic rings. The molecular weight excluding hydrogens is 188 g/mol. The predicted octanol–water partition coefficient (Wildman–Crippen LogP) is 2.89. The van der Waals surface area contributed by atoms with Crippen molar-refractivity contribution in [1.82, 2.24) is 0 Å². The molecule has 0 amide bonds. The molecular formula is C13H16O2. The number of para-hydroxylation sites is 1. The minimum atomic E-state index is 0.0901. The van der Waals surface area contributed by atoms with E-state index in [2.05, 4.69) is 0 Å². The Balaban J connectivity index is 2.02. The lowest BCUT2D eigenvalue weighted by molar-refractivity contribution is -0.122. The summed E-state index contributed by atoms with van der Waals surface area (Å²) in [7, 11) is 0. The molecule has 1 aliphatic carbocycles. The zero-order valence-corrected chi connectivity index (χ0v) is 9.03. The Kier molecular flexibility index (Phi) is 3.05. The second kappa shape index (κ2) is 4.47. The molecule has 1 aliphatic rings. The molecule has 1 unspecified atom stereocenters. The molecule has 0 saturated heterocycles. The second-order valence-electron chi connectivity index (χ2n) is 4.14. The van der Waals surface area contributed by atoms with Crippen molar-refractivity contribution in [2.24, 2.45) is 0 Å². The van der Waals surface area contributed by atoms with Crippen molar-refractivity contribution in [2.45, 2.75) is 38.7 Å². The molecule has 0 aromatic heterocycles. The number of carbonyl (C=O) groups is 1. The number of Topliss-reactive ketones (excluding diaryl/α,β-unsaturated/α-hetero) is 1. The van der Waals surface area contributed by atoms with E-state index in [4.69, 9.17) is 4.74 Å². The zero-order valence-electron chi connectivity index (χ0n) is 9.03. The minimum absolute atomic E-state index is 0.0901. The van der Waals surface area contributed by atoms with Gasteiger partial charge in [-0.25, -0.2) is 0 Å². The number of hydrogen-bond acceptors (Lipinski definition) is 2. The van der Waals surface area contributed by atoms with Crippen LogP contribution in [0.3, 0.4) is 0 Å². The van der Waals surface area contributed by atoms with Crippen LogP contribution in [0.1, 0.15) is 31.2 Å². The largest absolute Gasteiger partial charge is 0.490 e. The Labute approximate surface area is 90.3 Å². The summed E-state index contributed by atoms with van der Waals surface area (Å²) in [5.41, 5.74) is 1.13. The smallest absolute Gasteiger partial charge is 0.136 e. The molecule has 80 valence electrons. The molecule has 1 atom stereocenters. The molecule has 1 fully saturated rings. The van der Waals surface area contributed by atoms with Crippen LogP contribution in [0.2, 0.25) is 0 Å². The second-order valence-corrected chi connectivity index (χ2v) is 4.14. The monoisotopic (exact) mass is 204 g/mol. The topological polar surface area (TPSA) is 26.3 Å². The van der Waals surface area contributed by atoms with Gasteiger partial charge in [-0.1, -0.05) is 18.2 Å². The fourth-order valence-corrected chi connectivity index (χ4v) is 1.95. The number of ether oxygens (including phenoxy) is 1. The summed E-state index contributed by atoms with van der Waals surface area (Å²) in [5.74, 6) is 1.25. The average molecular weight is 204 g/mol.